The Balaban J connectivity index is 1.31. The van der Waals surface area contributed by atoms with Crippen molar-refractivity contribution in [3.05, 3.63) is 51.5 Å². The molecule has 0 spiro atoms. The van der Waals surface area contributed by atoms with Crippen LogP contribution in [-0.2, 0) is 6.54 Å². The van der Waals surface area contributed by atoms with E-state index in [-0.39, 0.29) is 5.56 Å². The van der Waals surface area contributed by atoms with Crippen molar-refractivity contribution in [2.75, 3.05) is 31.1 Å². The first-order chi connectivity index (χ1) is 12.8. The Hall–Kier alpha value is -2.36. The second kappa shape index (κ2) is 6.42. The highest BCUT2D eigenvalue weighted by atomic mass is 32.1. The number of thiazole rings is 1. The van der Waals surface area contributed by atoms with Gasteiger partial charge in [0.1, 0.15) is 17.0 Å². The molecule has 7 nitrogen and oxygen atoms in total. The molecule has 5 heterocycles. The Morgan fingerprint density at radius 3 is 2.85 bits per heavy atom. The summed E-state index contributed by atoms with van der Waals surface area (Å²) >= 11 is 3.13. The fourth-order valence-electron chi connectivity index (χ4n) is 3.34. The standard InChI is InChI=1S/C17H16N6OS2/c24-14-9-12(20-17-23(14)6-8-26-17)10-21-2-4-22(5-3-21)15-13-1-7-25-16(13)19-11-18-15/h1,6-9,11H,2-5,10H2. The number of aromatic nitrogens is 4. The lowest BCUT2D eigenvalue weighted by molar-refractivity contribution is 0.247. The van der Waals surface area contributed by atoms with Crippen LogP contribution in [-0.4, -0.2) is 50.4 Å². The average Bonchev–Trinajstić information content (AvgIpc) is 3.31. The zero-order valence-electron chi connectivity index (χ0n) is 13.9. The number of rotatable bonds is 3. The molecule has 0 amide bonds. The van der Waals surface area contributed by atoms with Gasteiger partial charge in [0.2, 0.25) is 0 Å². The van der Waals surface area contributed by atoms with Gasteiger partial charge in [0.25, 0.3) is 5.56 Å². The van der Waals surface area contributed by atoms with Gasteiger partial charge in [-0.15, -0.1) is 22.7 Å². The predicted octanol–water partition coefficient (Wildman–Crippen LogP) is 2.08. The van der Waals surface area contributed by atoms with Gasteiger partial charge in [-0.1, -0.05) is 0 Å². The van der Waals surface area contributed by atoms with Crippen molar-refractivity contribution >= 4 is 43.7 Å². The summed E-state index contributed by atoms with van der Waals surface area (Å²) in [7, 11) is 0. The number of piperazine rings is 1. The summed E-state index contributed by atoms with van der Waals surface area (Å²) in [6, 6.07) is 3.74. The Morgan fingerprint density at radius 1 is 1.08 bits per heavy atom. The minimum Gasteiger partial charge on any atom is -0.353 e. The molecular weight excluding hydrogens is 368 g/mol. The van der Waals surface area contributed by atoms with Gasteiger partial charge in [0.15, 0.2) is 4.96 Å². The molecule has 4 aromatic rings. The molecule has 0 aliphatic carbocycles. The lowest BCUT2D eigenvalue weighted by atomic mass is 10.2. The molecule has 5 rings (SSSR count). The molecule has 1 saturated heterocycles. The first-order valence-electron chi connectivity index (χ1n) is 8.39. The summed E-state index contributed by atoms with van der Waals surface area (Å²) in [5.41, 5.74) is 0.832. The van der Waals surface area contributed by atoms with Crippen molar-refractivity contribution in [1.82, 2.24) is 24.3 Å². The lowest BCUT2D eigenvalue weighted by Gasteiger charge is -2.35. The molecule has 1 aliphatic heterocycles. The molecule has 26 heavy (non-hydrogen) atoms. The van der Waals surface area contributed by atoms with Gasteiger partial charge < -0.3 is 4.90 Å². The minimum absolute atomic E-state index is 0.00859. The van der Waals surface area contributed by atoms with Crippen LogP contribution in [0, 0.1) is 0 Å². The number of nitrogens with zero attached hydrogens (tertiary/aromatic N) is 6. The molecule has 0 radical (unpaired) electrons. The summed E-state index contributed by atoms with van der Waals surface area (Å²) in [6.07, 6.45) is 3.42. The summed E-state index contributed by atoms with van der Waals surface area (Å²) in [4.78, 5) is 32.0. The molecule has 0 bridgehead atoms. The van der Waals surface area contributed by atoms with Crippen molar-refractivity contribution in [3.63, 3.8) is 0 Å². The molecule has 1 fully saturated rings. The van der Waals surface area contributed by atoms with E-state index in [4.69, 9.17) is 0 Å². The number of hydrogen-bond donors (Lipinski definition) is 0. The zero-order chi connectivity index (χ0) is 17.5. The lowest BCUT2D eigenvalue weighted by Crippen LogP contribution is -2.46. The van der Waals surface area contributed by atoms with Crippen molar-refractivity contribution in [2.45, 2.75) is 6.54 Å². The zero-order valence-corrected chi connectivity index (χ0v) is 15.5. The van der Waals surface area contributed by atoms with Crippen molar-refractivity contribution in [1.29, 1.82) is 0 Å². The van der Waals surface area contributed by atoms with E-state index in [2.05, 4.69) is 36.2 Å². The third-order valence-electron chi connectivity index (χ3n) is 4.65. The molecule has 0 atom stereocenters. The SMILES string of the molecule is O=c1cc(CN2CCN(c3ncnc4sccc34)CC2)nc2sccn12. The van der Waals surface area contributed by atoms with Gasteiger partial charge in [-0.3, -0.25) is 14.1 Å². The van der Waals surface area contributed by atoms with Gasteiger partial charge in [-0.05, 0) is 11.4 Å². The Bertz CT molecular complexity index is 1120. The fourth-order valence-corrected chi connectivity index (χ4v) is 4.81. The normalized spacial score (nSPS) is 15.9. The van der Waals surface area contributed by atoms with Crippen LogP contribution in [0.5, 0.6) is 0 Å². The van der Waals surface area contributed by atoms with E-state index in [1.165, 1.54) is 11.3 Å². The van der Waals surface area contributed by atoms with Crippen molar-refractivity contribution in [3.8, 4) is 0 Å². The van der Waals surface area contributed by atoms with E-state index in [0.29, 0.717) is 6.54 Å². The van der Waals surface area contributed by atoms with E-state index in [9.17, 15) is 4.79 Å². The summed E-state index contributed by atoms with van der Waals surface area (Å²) < 4.78 is 1.59. The first kappa shape index (κ1) is 15.9. The third kappa shape index (κ3) is 2.77. The molecule has 0 saturated carbocycles. The highest BCUT2D eigenvalue weighted by molar-refractivity contribution is 7.16. The first-order valence-corrected chi connectivity index (χ1v) is 10.2. The molecular formula is C17H16N6OS2. The monoisotopic (exact) mass is 384 g/mol. The topological polar surface area (TPSA) is 66.6 Å². The van der Waals surface area contributed by atoms with Crippen LogP contribution in [0.1, 0.15) is 5.69 Å². The average molecular weight is 384 g/mol. The molecule has 4 aromatic heterocycles. The van der Waals surface area contributed by atoms with E-state index in [1.807, 2.05) is 5.38 Å². The number of fused-ring (bicyclic) bond motifs is 2. The number of thiophene rings is 1. The summed E-state index contributed by atoms with van der Waals surface area (Å²) in [6.45, 7) is 4.35. The van der Waals surface area contributed by atoms with Crippen LogP contribution in [0.25, 0.3) is 15.2 Å². The van der Waals surface area contributed by atoms with E-state index >= 15 is 0 Å². The van der Waals surface area contributed by atoms with E-state index in [0.717, 1.165) is 52.9 Å². The van der Waals surface area contributed by atoms with Crippen LogP contribution < -0.4 is 10.5 Å². The van der Waals surface area contributed by atoms with Gasteiger partial charge in [0, 0.05) is 50.4 Å². The van der Waals surface area contributed by atoms with Gasteiger partial charge in [-0.2, -0.15) is 0 Å². The van der Waals surface area contributed by atoms with Gasteiger partial charge in [-0.25, -0.2) is 15.0 Å². The van der Waals surface area contributed by atoms with Crippen LogP contribution >= 0.6 is 22.7 Å². The molecule has 0 N–H and O–H groups in total. The second-order valence-corrected chi connectivity index (χ2v) is 8.01. The van der Waals surface area contributed by atoms with E-state index in [1.54, 1.807) is 34.3 Å². The predicted molar refractivity (Wildman–Crippen MR) is 104 cm³/mol. The number of anilines is 1. The van der Waals surface area contributed by atoms with Crippen LogP contribution in [0.2, 0.25) is 0 Å². The van der Waals surface area contributed by atoms with Crippen molar-refractivity contribution < 1.29 is 0 Å². The van der Waals surface area contributed by atoms with Crippen molar-refractivity contribution in [2.24, 2.45) is 0 Å². The Kier molecular flexibility index (Phi) is 3.92. The summed E-state index contributed by atoms with van der Waals surface area (Å²) in [5, 5.41) is 5.08. The quantitative estimate of drug-likeness (QED) is 0.539. The number of hydrogen-bond acceptors (Lipinski definition) is 8. The second-order valence-electron chi connectivity index (χ2n) is 6.24. The molecule has 1 aliphatic rings. The maximum Gasteiger partial charge on any atom is 0.258 e. The molecule has 0 unspecified atom stereocenters. The minimum atomic E-state index is -0.00859. The third-order valence-corrected chi connectivity index (χ3v) is 6.23. The van der Waals surface area contributed by atoms with Gasteiger partial charge >= 0.3 is 0 Å². The van der Waals surface area contributed by atoms with Crippen LogP contribution in [0.4, 0.5) is 5.82 Å². The maximum atomic E-state index is 12.1. The highest BCUT2D eigenvalue weighted by Crippen LogP contribution is 2.27. The largest absolute Gasteiger partial charge is 0.353 e. The molecule has 9 heteroatoms. The smallest absolute Gasteiger partial charge is 0.258 e. The Labute approximate surface area is 157 Å². The highest BCUT2D eigenvalue weighted by Gasteiger charge is 2.21. The van der Waals surface area contributed by atoms with Crippen LogP contribution in [0.3, 0.4) is 0 Å². The summed E-state index contributed by atoms with van der Waals surface area (Å²) in [5.74, 6) is 1.02. The van der Waals surface area contributed by atoms with E-state index < -0.39 is 0 Å². The van der Waals surface area contributed by atoms with Crippen LogP contribution in [0.15, 0.2) is 40.2 Å². The molecule has 132 valence electrons. The maximum absolute atomic E-state index is 12.1. The Morgan fingerprint density at radius 2 is 1.96 bits per heavy atom. The fraction of sp³-hybridized carbons (Fsp3) is 0.294. The van der Waals surface area contributed by atoms with Gasteiger partial charge in [0.05, 0.1) is 11.1 Å². The molecule has 0 aromatic carbocycles.